The molecule has 1 saturated heterocycles. The van der Waals surface area contributed by atoms with E-state index in [0.717, 1.165) is 38.5 Å². The summed E-state index contributed by atoms with van der Waals surface area (Å²) in [6.45, 7) is 10.7. The van der Waals surface area contributed by atoms with E-state index < -0.39 is 0 Å². The van der Waals surface area contributed by atoms with Crippen LogP contribution in [0.4, 0.5) is 0 Å². The van der Waals surface area contributed by atoms with Gasteiger partial charge in [-0.05, 0) is 17.5 Å². The molecule has 1 aromatic heterocycles. The van der Waals surface area contributed by atoms with Crippen LogP contribution in [0.15, 0.2) is 22.8 Å². The average Bonchev–Trinajstić information content (AvgIpc) is 2.80. The molecule has 1 amide bonds. The van der Waals surface area contributed by atoms with Crippen molar-refractivity contribution in [1.82, 2.24) is 9.80 Å². The Kier molecular flexibility index (Phi) is 4.30. The molecule has 0 aromatic carbocycles. The van der Waals surface area contributed by atoms with Gasteiger partial charge in [0.15, 0.2) is 0 Å². The van der Waals surface area contributed by atoms with Crippen LogP contribution < -0.4 is 0 Å². The normalized spacial score (nSPS) is 17.7. The summed E-state index contributed by atoms with van der Waals surface area (Å²) in [6.07, 6.45) is 2.34. The molecule has 0 aliphatic carbocycles. The zero-order chi connectivity index (χ0) is 13.9. The van der Waals surface area contributed by atoms with E-state index in [1.54, 1.807) is 6.26 Å². The third-order valence-corrected chi connectivity index (χ3v) is 3.37. The van der Waals surface area contributed by atoms with E-state index in [9.17, 15) is 4.79 Å². The summed E-state index contributed by atoms with van der Waals surface area (Å²) in [5.41, 5.74) is 0.0718. The second-order valence-corrected chi connectivity index (χ2v) is 6.47. The maximum Gasteiger partial charge on any atom is 0.223 e. The van der Waals surface area contributed by atoms with Gasteiger partial charge in [-0.1, -0.05) is 20.8 Å². The average molecular weight is 264 g/mol. The lowest BCUT2D eigenvalue weighted by Crippen LogP contribution is -2.48. The molecule has 4 nitrogen and oxygen atoms in total. The summed E-state index contributed by atoms with van der Waals surface area (Å²) < 4.78 is 5.35. The van der Waals surface area contributed by atoms with Crippen LogP contribution in [-0.2, 0) is 11.3 Å². The van der Waals surface area contributed by atoms with Gasteiger partial charge in [0.2, 0.25) is 5.91 Å². The highest BCUT2D eigenvalue weighted by Crippen LogP contribution is 2.20. The highest BCUT2D eigenvalue weighted by molar-refractivity contribution is 5.76. The predicted molar refractivity (Wildman–Crippen MR) is 74.6 cm³/mol. The first-order chi connectivity index (χ1) is 8.94. The first kappa shape index (κ1) is 14.1. The van der Waals surface area contributed by atoms with Crippen LogP contribution in [-0.4, -0.2) is 41.9 Å². The molecule has 2 heterocycles. The largest absolute Gasteiger partial charge is 0.468 e. The number of rotatable bonds is 3. The number of carbonyl (C=O) groups excluding carboxylic acids is 1. The van der Waals surface area contributed by atoms with Gasteiger partial charge in [0.1, 0.15) is 5.76 Å². The van der Waals surface area contributed by atoms with Gasteiger partial charge in [-0.3, -0.25) is 9.69 Å². The van der Waals surface area contributed by atoms with Crippen LogP contribution in [0, 0.1) is 5.41 Å². The van der Waals surface area contributed by atoms with Crippen molar-refractivity contribution in [1.29, 1.82) is 0 Å². The van der Waals surface area contributed by atoms with Crippen LogP contribution >= 0.6 is 0 Å². The Morgan fingerprint density at radius 1 is 1.26 bits per heavy atom. The van der Waals surface area contributed by atoms with Crippen LogP contribution in [0.2, 0.25) is 0 Å². The highest BCUT2D eigenvalue weighted by Gasteiger charge is 2.24. The Labute approximate surface area is 115 Å². The molecule has 106 valence electrons. The second kappa shape index (κ2) is 5.78. The molecule has 2 rings (SSSR count). The zero-order valence-corrected chi connectivity index (χ0v) is 12.2. The molecule has 0 spiro atoms. The monoisotopic (exact) mass is 264 g/mol. The van der Waals surface area contributed by atoms with E-state index in [2.05, 4.69) is 25.7 Å². The number of nitrogens with zero attached hydrogens (tertiary/aromatic N) is 2. The van der Waals surface area contributed by atoms with Crippen molar-refractivity contribution in [2.24, 2.45) is 5.41 Å². The summed E-state index contributed by atoms with van der Waals surface area (Å²) >= 11 is 0. The van der Waals surface area contributed by atoms with Gasteiger partial charge in [-0.15, -0.1) is 0 Å². The number of hydrogen-bond acceptors (Lipinski definition) is 3. The van der Waals surface area contributed by atoms with E-state index in [4.69, 9.17) is 4.42 Å². The number of piperazine rings is 1. The predicted octanol–water partition coefficient (Wildman–Crippen LogP) is 2.36. The topological polar surface area (TPSA) is 36.7 Å². The van der Waals surface area contributed by atoms with Gasteiger partial charge in [-0.25, -0.2) is 0 Å². The van der Waals surface area contributed by atoms with E-state index in [1.165, 1.54) is 0 Å². The molecule has 0 N–H and O–H groups in total. The smallest absolute Gasteiger partial charge is 0.223 e. The Bertz CT molecular complexity index is 398. The maximum atomic E-state index is 12.1. The molecular formula is C15H24N2O2. The van der Waals surface area contributed by atoms with Gasteiger partial charge < -0.3 is 9.32 Å². The number of carbonyl (C=O) groups is 1. The lowest BCUT2D eigenvalue weighted by Gasteiger charge is -2.35. The molecule has 1 aliphatic rings. The Hall–Kier alpha value is -1.29. The molecule has 0 saturated carbocycles. The van der Waals surface area contributed by atoms with Gasteiger partial charge in [0, 0.05) is 32.6 Å². The van der Waals surface area contributed by atoms with E-state index in [-0.39, 0.29) is 11.3 Å². The van der Waals surface area contributed by atoms with Crippen molar-refractivity contribution in [3.8, 4) is 0 Å². The Morgan fingerprint density at radius 3 is 2.47 bits per heavy atom. The van der Waals surface area contributed by atoms with Gasteiger partial charge in [-0.2, -0.15) is 0 Å². The van der Waals surface area contributed by atoms with Crippen molar-refractivity contribution in [2.75, 3.05) is 26.2 Å². The Morgan fingerprint density at radius 2 is 1.95 bits per heavy atom. The molecule has 0 radical (unpaired) electrons. The molecular weight excluding hydrogens is 240 g/mol. The summed E-state index contributed by atoms with van der Waals surface area (Å²) in [7, 11) is 0. The number of hydrogen-bond donors (Lipinski definition) is 0. The fraction of sp³-hybridized carbons (Fsp3) is 0.667. The molecule has 1 fully saturated rings. The first-order valence-corrected chi connectivity index (χ1v) is 6.96. The maximum absolute atomic E-state index is 12.1. The van der Waals surface area contributed by atoms with Gasteiger partial charge in [0.25, 0.3) is 0 Å². The third kappa shape index (κ3) is 4.39. The fourth-order valence-electron chi connectivity index (χ4n) is 2.34. The quantitative estimate of drug-likeness (QED) is 0.841. The Balaban J connectivity index is 1.77. The SMILES string of the molecule is CC(C)(C)CC(=O)N1CCN(Cc2ccco2)CC1. The van der Waals surface area contributed by atoms with E-state index >= 15 is 0 Å². The molecule has 0 bridgehead atoms. The molecule has 1 aliphatic heterocycles. The fourth-order valence-corrected chi connectivity index (χ4v) is 2.34. The molecule has 4 heteroatoms. The lowest BCUT2D eigenvalue weighted by molar-refractivity contribution is -0.134. The van der Waals surface area contributed by atoms with Crippen molar-refractivity contribution in [3.63, 3.8) is 0 Å². The van der Waals surface area contributed by atoms with E-state index in [0.29, 0.717) is 6.42 Å². The van der Waals surface area contributed by atoms with Crippen molar-refractivity contribution >= 4 is 5.91 Å². The summed E-state index contributed by atoms with van der Waals surface area (Å²) in [4.78, 5) is 16.4. The van der Waals surface area contributed by atoms with Crippen LogP contribution in [0.25, 0.3) is 0 Å². The summed E-state index contributed by atoms with van der Waals surface area (Å²) in [5, 5.41) is 0. The third-order valence-electron chi connectivity index (χ3n) is 3.37. The minimum atomic E-state index is 0.0718. The van der Waals surface area contributed by atoms with Crippen molar-refractivity contribution in [3.05, 3.63) is 24.2 Å². The molecule has 0 atom stereocenters. The van der Waals surface area contributed by atoms with Gasteiger partial charge in [0.05, 0.1) is 12.8 Å². The standard InChI is InChI=1S/C15H24N2O2/c1-15(2,3)11-14(18)17-8-6-16(7-9-17)12-13-5-4-10-19-13/h4-5,10H,6-9,11-12H2,1-3H3. The van der Waals surface area contributed by atoms with Crippen LogP contribution in [0.3, 0.4) is 0 Å². The second-order valence-electron chi connectivity index (χ2n) is 6.47. The van der Waals surface area contributed by atoms with Crippen LogP contribution in [0.5, 0.6) is 0 Å². The molecule has 0 unspecified atom stereocenters. The van der Waals surface area contributed by atoms with E-state index in [1.807, 2.05) is 17.0 Å². The number of amides is 1. The highest BCUT2D eigenvalue weighted by atomic mass is 16.3. The molecule has 1 aromatic rings. The minimum Gasteiger partial charge on any atom is -0.468 e. The summed E-state index contributed by atoms with van der Waals surface area (Å²) in [5.74, 6) is 1.28. The number of furan rings is 1. The minimum absolute atomic E-state index is 0.0718. The van der Waals surface area contributed by atoms with Crippen molar-refractivity contribution in [2.45, 2.75) is 33.7 Å². The summed E-state index contributed by atoms with van der Waals surface area (Å²) in [6, 6.07) is 3.91. The molecule has 19 heavy (non-hydrogen) atoms. The zero-order valence-electron chi connectivity index (χ0n) is 12.2. The van der Waals surface area contributed by atoms with Crippen molar-refractivity contribution < 1.29 is 9.21 Å². The first-order valence-electron chi connectivity index (χ1n) is 6.96. The van der Waals surface area contributed by atoms with Gasteiger partial charge >= 0.3 is 0 Å². The van der Waals surface area contributed by atoms with Crippen LogP contribution in [0.1, 0.15) is 33.0 Å². The lowest BCUT2D eigenvalue weighted by atomic mass is 9.91.